The summed E-state index contributed by atoms with van der Waals surface area (Å²) in [6.07, 6.45) is 0. The maximum absolute atomic E-state index is 12.5. The molecule has 1 aromatic carbocycles. The molecule has 5 heteroatoms. The molecule has 2 atom stereocenters. The molecule has 1 aliphatic rings. The molecule has 0 saturated carbocycles. The summed E-state index contributed by atoms with van der Waals surface area (Å²) in [6.45, 7) is 4.99. The summed E-state index contributed by atoms with van der Waals surface area (Å²) in [5.74, 6) is 0.948. The molecule has 18 heavy (non-hydrogen) atoms. The summed E-state index contributed by atoms with van der Waals surface area (Å²) in [6, 6.07) is 5.42. The summed E-state index contributed by atoms with van der Waals surface area (Å²) < 4.78 is 0. The molecule has 2 rings (SSSR count). The van der Waals surface area contributed by atoms with Crippen molar-refractivity contribution in [3.05, 3.63) is 28.8 Å². The van der Waals surface area contributed by atoms with Gasteiger partial charge in [-0.2, -0.15) is 11.8 Å². The molecule has 1 aliphatic heterocycles. The van der Waals surface area contributed by atoms with Crippen molar-refractivity contribution in [3.63, 3.8) is 0 Å². The Morgan fingerprint density at radius 2 is 2.22 bits per heavy atom. The number of thioether (sulfide) groups is 1. The SMILES string of the molecule is CC1SCCN(C(=O)c2cccc(N)c2Cl)C1C. The van der Waals surface area contributed by atoms with Crippen LogP contribution in [0.4, 0.5) is 5.69 Å². The number of nitrogen functional groups attached to an aromatic ring is 1. The molecular weight excluding hydrogens is 268 g/mol. The number of hydrogen-bond donors (Lipinski definition) is 1. The van der Waals surface area contributed by atoms with Gasteiger partial charge in [0.1, 0.15) is 0 Å². The molecule has 0 radical (unpaired) electrons. The van der Waals surface area contributed by atoms with Gasteiger partial charge in [0.05, 0.1) is 16.3 Å². The van der Waals surface area contributed by atoms with Gasteiger partial charge in [0, 0.05) is 23.6 Å². The number of nitrogens with zero attached hydrogens (tertiary/aromatic N) is 1. The smallest absolute Gasteiger partial charge is 0.255 e. The minimum Gasteiger partial charge on any atom is -0.398 e. The lowest BCUT2D eigenvalue weighted by Crippen LogP contribution is -2.48. The lowest BCUT2D eigenvalue weighted by atomic mass is 10.1. The van der Waals surface area contributed by atoms with Crippen molar-refractivity contribution in [2.75, 3.05) is 18.0 Å². The van der Waals surface area contributed by atoms with Crippen LogP contribution in [0.2, 0.25) is 5.02 Å². The molecule has 1 aromatic rings. The van der Waals surface area contributed by atoms with Gasteiger partial charge < -0.3 is 10.6 Å². The van der Waals surface area contributed by atoms with Crippen LogP contribution in [0.3, 0.4) is 0 Å². The molecule has 3 nitrogen and oxygen atoms in total. The van der Waals surface area contributed by atoms with Crippen LogP contribution in [0.25, 0.3) is 0 Å². The van der Waals surface area contributed by atoms with E-state index in [2.05, 4.69) is 13.8 Å². The zero-order valence-corrected chi connectivity index (χ0v) is 12.1. The van der Waals surface area contributed by atoms with Gasteiger partial charge in [-0.3, -0.25) is 4.79 Å². The molecule has 1 saturated heterocycles. The first-order valence-corrected chi connectivity index (χ1v) is 7.41. The zero-order chi connectivity index (χ0) is 13.3. The van der Waals surface area contributed by atoms with Crippen LogP contribution in [0, 0.1) is 0 Å². The number of halogens is 1. The molecule has 0 aliphatic carbocycles. The highest BCUT2D eigenvalue weighted by molar-refractivity contribution is 8.00. The lowest BCUT2D eigenvalue weighted by Gasteiger charge is -2.37. The highest BCUT2D eigenvalue weighted by Crippen LogP contribution is 2.29. The zero-order valence-electron chi connectivity index (χ0n) is 10.5. The third-order valence-electron chi connectivity index (χ3n) is 3.40. The van der Waals surface area contributed by atoms with E-state index >= 15 is 0 Å². The number of hydrogen-bond acceptors (Lipinski definition) is 3. The van der Waals surface area contributed by atoms with Crippen molar-refractivity contribution in [1.82, 2.24) is 4.90 Å². The molecule has 0 spiro atoms. The Labute approximate surface area is 117 Å². The van der Waals surface area contributed by atoms with Crippen molar-refractivity contribution in [2.24, 2.45) is 0 Å². The Morgan fingerprint density at radius 3 is 2.94 bits per heavy atom. The second-order valence-corrected chi connectivity index (χ2v) is 6.39. The predicted molar refractivity (Wildman–Crippen MR) is 78.3 cm³/mol. The second kappa shape index (κ2) is 5.41. The topological polar surface area (TPSA) is 46.3 Å². The van der Waals surface area contributed by atoms with Crippen LogP contribution in [0.5, 0.6) is 0 Å². The number of rotatable bonds is 1. The molecule has 1 fully saturated rings. The molecule has 1 heterocycles. The van der Waals surface area contributed by atoms with E-state index in [-0.39, 0.29) is 11.9 Å². The Hall–Kier alpha value is -0.870. The average Bonchev–Trinajstić information content (AvgIpc) is 2.35. The van der Waals surface area contributed by atoms with Crippen LogP contribution in [0.15, 0.2) is 18.2 Å². The maximum atomic E-state index is 12.5. The van der Waals surface area contributed by atoms with Gasteiger partial charge >= 0.3 is 0 Å². The number of nitrogens with two attached hydrogens (primary N) is 1. The molecule has 0 aromatic heterocycles. The summed E-state index contributed by atoms with van der Waals surface area (Å²) >= 11 is 8.01. The Bertz CT molecular complexity index is 466. The van der Waals surface area contributed by atoms with Gasteiger partial charge in [0.25, 0.3) is 5.91 Å². The van der Waals surface area contributed by atoms with Gasteiger partial charge in [0.15, 0.2) is 0 Å². The van der Waals surface area contributed by atoms with Crippen molar-refractivity contribution in [3.8, 4) is 0 Å². The highest BCUT2D eigenvalue weighted by Gasteiger charge is 2.30. The molecule has 98 valence electrons. The summed E-state index contributed by atoms with van der Waals surface area (Å²) in [4.78, 5) is 14.4. The normalized spacial score (nSPS) is 24.1. The van der Waals surface area contributed by atoms with E-state index in [9.17, 15) is 4.79 Å². The third-order valence-corrected chi connectivity index (χ3v) is 5.16. The van der Waals surface area contributed by atoms with Crippen molar-refractivity contribution >= 4 is 35.0 Å². The van der Waals surface area contributed by atoms with E-state index in [1.807, 2.05) is 16.7 Å². The van der Waals surface area contributed by atoms with Crippen LogP contribution < -0.4 is 5.73 Å². The molecular formula is C13H17ClN2OS. The first kappa shape index (κ1) is 13.6. The summed E-state index contributed by atoms with van der Waals surface area (Å²) in [7, 11) is 0. The van der Waals surface area contributed by atoms with Crippen LogP contribution >= 0.6 is 23.4 Å². The lowest BCUT2D eigenvalue weighted by molar-refractivity contribution is 0.0698. The standard InChI is InChI=1S/C13H17ClN2OS/c1-8-9(2)18-7-6-16(8)13(17)10-4-3-5-11(15)12(10)14/h3-5,8-9H,6-7,15H2,1-2H3. The number of anilines is 1. The van der Waals surface area contributed by atoms with E-state index < -0.39 is 0 Å². The quantitative estimate of drug-likeness (QED) is 0.807. The van der Waals surface area contributed by atoms with Crippen molar-refractivity contribution in [2.45, 2.75) is 25.1 Å². The first-order chi connectivity index (χ1) is 8.52. The Balaban J connectivity index is 2.28. The van der Waals surface area contributed by atoms with Crippen LogP contribution in [0.1, 0.15) is 24.2 Å². The fourth-order valence-corrected chi connectivity index (χ4v) is 3.40. The summed E-state index contributed by atoms with van der Waals surface area (Å²) in [5.41, 5.74) is 6.70. The van der Waals surface area contributed by atoms with E-state index in [4.69, 9.17) is 17.3 Å². The van der Waals surface area contributed by atoms with E-state index in [0.29, 0.717) is 21.5 Å². The number of carbonyl (C=O) groups excluding carboxylic acids is 1. The summed E-state index contributed by atoms with van der Waals surface area (Å²) in [5, 5.41) is 0.808. The van der Waals surface area contributed by atoms with Crippen LogP contribution in [-0.2, 0) is 0 Å². The fourth-order valence-electron chi connectivity index (χ4n) is 2.09. The largest absolute Gasteiger partial charge is 0.398 e. The first-order valence-electron chi connectivity index (χ1n) is 5.99. The van der Waals surface area contributed by atoms with Gasteiger partial charge in [-0.1, -0.05) is 24.6 Å². The molecule has 2 unspecified atom stereocenters. The van der Waals surface area contributed by atoms with Crippen molar-refractivity contribution in [1.29, 1.82) is 0 Å². The minimum absolute atomic E-state index is 0.0213. The monoisotopic (exact) mass is 284 g/mol. The van der Waals surface area contributed by atoms with Gasteiger partial charge in [-0.25, -0.2) is 0 Å². The maximum Gasteiger partial charge on any atom is 0.255 e. The van der Waals surface area contributed by atoms with Crippen LogP contribution in [-0.4, -0.2) is 34.4 Å². The predicted octanol–water partition coefficient (Wildman–Crippen LogP) is 2.89. The van der Waals surface area contributed by atoms with Gasteiger partial charge in [0.2, 0.25) is 0 Å². The number of benzene rings is 1. The van der Waals surface area contributed by atoms with E-state index in [1.165, 1.54) is 0 Å². The number of amides is 1. The molecule has 0 bridgehead atoms. The third kappa shape index (κ3) is 2.45. The average molecular weight is 285 g/mol. The van der Waals surface area contributed by atoms with Crippen molar-refractivity contribution < 1.29 is 4.79 Å². The van der Waals surface area contributed by atoms with E-state index in [0.717, 1.165) is 12.3 Å². The highest BCUT2D eigenvalue weighted by atomic mass is 35.5. The Morgan fingerprint density at radius 1 is 1.50 bits per heavy atom. The molecule has 2 N–H and O–H groups in total. The minimum atomic E-state index is -0.0213. The fraction of sp³-hybridized carbons (Fsp3) is 0.462. The molecule has 1 amide bonds. The van der Waals surface area contributed by atoms with Gasteiger partial charge in [-0.15, -0.1) is 0 Å². The van der Waals surface area contributed by atoms with E-state index in [1.54, 1.807) is 18.2 Å². The Kier molecular flexibility index (Phi) is 4.07. The number of carbonyl (C=O) groups is 1. The van der Waals surface area contributed by atoms with Gasteiger partial charge in [-0.05, 0) is 19.1 Å². The second-order valence-electron chi connectivity index (χ2n) is 4.52.